The number of unbranched alkanes of at least 4 members (excludes halogenated alkanes) is 1. The molecule has 2 aromatic carbocycles. The van der Waals surface area contributed by atoms with Crippen molar-refractivity contribution in [2.45, 2.75) is 32.8 Å². The number of anilines is 1. The molecule has 2 nitrogen and oxygen atoms in total. The van der Waals surface area contributed by atoms with Gasteiger partial charge in [-0.05, 0) is 48.2 Å². The van der Waals surface area contributed by atoms with Crippen LogP contribution in [0.1, 0.15) is 30.9 Å². The lowest BCUT2D eigenvalue weighted by molar-refractivity contribution is 0.306. The number of hydrogen-bond donors (Lipinski definition) is 1. The minimum absolute atomic E-state index is 0.555. The van der Waals surface area contributed by atoms with Crippen molar-refractivity contribution < 1.29 is 4.74 Å². The lowest BCUT2D eigenvalue weighted by Gasteiger charge is -2.08. The molecule has 0 fully saturated rings. The molecule has 0 bridgehead atoms. The van der Waals surface area contributed by atoms with Crippen LogP contribution in [0.3, 0.4) is 0 Å². The van der Waals surface area contributed by atoms with Gasteiger partial charge in [0.2, 0.25) is 0 Å². The zero-order chi connectivity index (χ0) is 13.5. The van der Waals surface area contributed by atoms with Gasteiger partial charge in [-0.25, -0.2) is 0 Å². The molecule has 19 heavy (non-hydrogen) atoms. The molecule has 0 saturated carbocycles. The van der Waals surface area contributed by atoms with Crippen molar-refractivity contribution in [2.24, 2.45) is 0 Å². The Kier molecular flexibility index (Phi) is 4.85. The smallest absolute Gasteiger partial charge is 0.119 e. The molecule has 2 N–H and O–H groups in total. The first-order valence-electron chi connectivity index (χ1n) is 6.84. The van der Waals surface area contributed by atoms with Crippen molar-refractivity contribution in [3.8, 4) is 5.75 Å². The highest BCUT2D eigenvalue weighted by Gasteiger charge is 1.98. The molecule has 0 unspecified atom stereocenters. The molecule has 0 spiro atoms. The highest BCUT2D eigenvalue weighted by atomic mass is 16.5. The summed E-state index contributed by atoms with van der Waals surface area (Å²) in [7, 11) is 0. The molecule has 0 amide bonds. The zero-order valence-electron chi connectivity index (χ0n) is 11.4. The fourth-order valence-corrected chi connectivity index (χ4v) is 1.98. The van der Waals surface area contributed by atoms with Gasteiger partial charge in [-0.15, -0.1) is 0 Å². The van der Waals surface area contributed by atoms with E-state index < -0.39 is 0 Å². The van der Waals surface area contributed by atoms with Crippen LogP contribution in [0.2, 0.25) is 0 Å². The van der Waals surface area contributed by atoms with E-state index in [-0.39, 0.29) is 0 Å². The highest BCUT2D eigenvalue weighted by molar-refractivity contribution is 5.40. The SMILES string of the molecule is CCCCc1ccc(OCc2cccc(N)c2)cc1. The first-order valence-corrected chi connectivity index (χ1v) is 6.84. The maximum Gasteiger partial charge on any atom is 0.119 e. The number of hydrogen-bond acceptors (Lipinski definition) is 2. The standard InChI is InChI=1S/C17H21NO/c1-2-3-5-14-8-10-17(11-9-14)19-13-15-6-4-7-16(18)12-15/h4,6-12H,2-3,5,13,18H2,1H3. The second kappa shape index (κ2) is 6.83. The molecule has 2 heteroatoms. The molecule has 2 rings (SSSR count). The van der Waals surface area contributed by atoms with Crippen molar-refractivity contribution in [2.75, 3.05) is 5.73 Å². The summed E-state index contributed by atoms with van der Waals surface area (Å²) in [5.41, 5.74) is 8.98. The molecule has 0 atom stereocenters. The van der Waals surface area contributed by atoms with Crippen LogP contribution in [0.5, 0.6) is 5.75 Å². The summed E-state index contributed by atoms with van der Waals surface area (Å²) in [6, 6.07) is 16.2. The Morgan fingerprint density at radius 1 is 1.00 bits per heavy atom. The zero-order valence-corrected chi connectivity index (χ0v) is 11.4. The Bertz CT molecular complexity index is 505. The molecule has 100 valence electrons. The molecular weight excluding hydrogens is 234 g/mol. The summed E-state index contributed by atoms with van der Waals surface area (Å²) >= 11 is 0. The van der Waals surface area contributed by atoms with Crippen LogP contribution in [0, 0.1) is 0 Å². The molecule has 0 aromatic heterocycles. The second-order valence-electron chi connectivity index (χ2n) is 4.78. The van der Waals surface area contributed by atoms with E-state index in [9.17, 15) is 0 Å². The minimum Gasteiger partial charge on any atom is -0.489 e. The van der Waals surface area contributed by atoms with Gasteiger partial charge in [0.25, 0.3) is 0 Å². The lowest BCUT2D eigenvalue weighted by atomic mass is 10.1. The molecule has 0 aliphatic heterocycles. The van der Waals surface area contributed by atoms with Crippen LogP contribution >= 0.6 is 0 Å². The molecule has 0 aliphatic rings. The van der Waals surface area contributed by atoms with E-state index in [4.69, 9.17) is 10.5 Å². The quantitative estimate of drug-likeness (QED) is 0.785. The Hall–Kier alpha value is -1.96. The van der Waals surface area contributed by atoms with E-state index in [0.717, 1.165) is 23.4 Å². The third-order valence-corrected chi connectivity index (χ3v) is 3.10. The fourth-order valence-electron chi connectivity index (χ4n) is 1.98. The summed E-state index contributed by atoms with van der Waals surface area (Å²) in [5, 5.41) is 0. The second-order valence-corrected chi connectivity index (χ2v) is 4.78. The predicted octanol–water partition coefficient (Wildman–Crippen LogP) is 4.19. The van der Waals surface area contributed by atoms with E-state index in [2.05, 4.69) is 19.1 Å². The average Bonchev–Trinajstić information content (AvgIpc) is 2.44. The van der Waals surface area contributed by atoms with Gasteiger partial charge in [-0.2, -0.15) is 0 Å². The van der Waals surface area contributed by atoms with E-state index in [1.165, 1.54) is 18.4 Å². The van der Waals surface area contributed by atoms with E-state index in [0.29, 0.717) is 6.61 Å². The first kappa shape index (κ1) is 13.5. The van der Waals surface area contributed by atoms with Gasteiger partial charge in [0, 0.05) is 5.69 Å². The topological polar surface area (TPSA) is 35.2 Å². The van der Waals surface area contributed by atoms with Gasteiger partial charge in [0.15, 0.2) is 0 Å². The normalized spacial score (nSPS) is 10.4. The monoisotopic (exact) mass is 255 g/mol. The number of rotatable bonds is 6. The van der Waals surface area contributed by atoms with Crippen molar-refractivity contribution in [3.05, 3.63) is 59.7 Å². The Morgan fingerprint density at radius 3 is 2.47 bits per heavy atom. The average molecular weight is 255 g/mol. The number of nitrogen functional groups attached to an aromatic ring is 1. The molecule has 0 aliphatic carbocycles. The first-order chi connectivity index (χ1) is 9.28. The minimum atomic E-state index is 0.555. The molecule has 0 saturated heterocycles. The van der Waals surface area contributed by atoms with E-state index in [1.54, 1.807) is 0 Å². The third kappa shape index (κ3) is 4.32. The summed E-state index contributed by atoms with van der Waals surface area (Å²) < 4.78 is 5.75. The summed E-state index contributed by atoms with van der Waals surface area (Å²) in [5.74, 6) is 0.905. The fraction of sp³-hybridized carbons (Fsp3) is 0.294. The molecule has 0 radical (unpaired) electrons. The highest BCUT2D eigenvalue weighted by Crippen LogP contribution is 2.16. The largest absolute Gasteiger partial charge is 0.489 e. The maximum absolute atomic E-state index is 5.75. The number of benzene rings is 2. The van der Waals surface area contributed by atoms with Crippen molar-refractivity contribution in [1.29, 1.82) is 0 Å². The Morgan fingerprint density at radius 2 is 1.79 bits per heavy atom. The predicted molar refractivity (Wildman–Crippen MR) is 80.2 cm³/mol. The van der Waals surface area contributed by atoms with E-state index >= 15 is 0 Å². The van der Waals surface area contributed by atoms with Crippen molar-refractivity contribution >= 4 is 5.69 Å². The van der Waals surface area contributed by atoms with Crippen molar-refractivity contribution in [1.82, 2.24) is 0 Å². The number of ether oxygens (including phenoxy) is 1. The third-order valence-electron chi connectivity index (χ3n) is 3.10. The van der Waals surface area contributed by atoms with Crippen LogP contribution in [-0.4, -0.2) is 0 Å². The van der Waals surface area contributed by atoms with Crippen LogP contribution < -0.4 is 10.5 Å². The molecular formula is C17H21NO. The molecule has 0 heterocycles. The van der Waals surface area contributed by atoms with Gasteiger partial charge < -0.3 is 10.5 Å². The lowest BCUT2D eigenvalue weighted by Crippen LogP contribution is -1.96. The van der Waals surface area contributed by atoms with Crippen LogP contribution in [0.25, 0.3) is 0 Å². The van der Waals surface area contributed by atoms with Gasteiger partial charge in [-0.1, -0.05) is 37.6 Å². The Labute approximate surface area is 115 Å². The summed E-state index contributed by atoms with van der Waals surface area (Å²) in [4.78, 5) is 0. The summed E-state index contributed by atoms with van der Waals surface area (Å²) in [6.07, 6.45) is 3.61. The van der Waals surface area contributed by atoms with Gasteiger partial charge in [-0.3, -0.25) is 0 Å². The van der Waals surface area contributed by atoms with Crippen LogP contribution in [0.4, 0.5) is 5.69 Å². The molecule has 2 aromatic rings. The van der Waals surface area contributed by atoms with Crippen LogP contribution in [0.15, 0.2) is 48.5 Å². The summed E-state index contributed by atoms with van der Waals surface area (Å²) in [6.45, 7) is 2.77. The number of aryl methyl sites for hydroxylation is 1. The van der Waals surface area contributed by atoms with E-state index in [1.807, 2.05) is 36.4 Å². The van der Waals surface area contributed by atoms with Crippen LogP contribution in [-0.2, 0) is 13.0 Å². The number of nitrogens with two attached hydrogens (primary N) is 1. The van der Waals surface area contributed by atoms with Gasteiger partial charge in [0.05, 0.1) is 0 Å². The Balaban J connectivity index is 1.89. The maximum atomic E-state index is 5.75. The van der Waals surface area contributed by atoms with Gasteiger partial charge in [0.1, 0.15) is 12.4 Å². The van der Waals surface area contributed by atoms with Gasteiger partial charge >= 0.3 is 0 Å². The van der Waals surface area contributed by atoms with Crippen molar-refractivity contribution in [3.63, 3.8) is 0 Å².